The topological polar surface area (TPSA) is 73.1 Å². The normalized spacial score (nSPS) is 11.2. The Morgan fingerprint density at radius 2 is 2.04 bits per heavy atom. The summed E-state index contributed by atoms with van der Waals surface area (Å²) in [6.45, 7) is 2.40. The van der Waals surface area contributed by atoms with Crippen LogP contribution in [-0.2, 0) is 0 Å². The molecule has 1 amide bonds. The van der Waals surface area contributed by atoms with Gasteiger partial charge in [-0.2, -0.15) is 5.10 Å². The van der Waals surface area contributed by atoms with E-state index in [2.05, 4.69) is 65.0 Å². The van der Waals surface area contributed by atoms with Gasteiger partial charge in [0.2, 0.25) is 0 Å². The molecule has 0 unspecified atom stereocenters. The number of ether oxygens (including phenoxy) is 2. The smallest absolute Gasteiger partial charge is 0.307 e. The number of hydrogen-bond donors (Lipinski definition) is 1. The van der Waals surface area contributed by atoms with Crippen LogP contribution in [0.3, 0.4) is 0 Å². The molecule has 146 valence electrons. The van der Waals surface area contributed by atoms with Crippen LogP contribution in [0.5, 0.6) is 11.5 Å². The molecule has 0 saturated heterocycles. The lowest BCUT2D eigenvalue weighted by molar-refractivity contribution is 0.0929. The average molecular weight is 622 g/mol. The van der Waals surface area contributed by atoms with Crippen molar-refractivity contribution < 1.29 is 18.7 Å². The lowest BCUT2D eigenvalue weighted by atomic mass is 10.2. The van der Waals surface area contributed by atoms with E-state index in [0.717, 1.165) is 23.5 Å². The summed E-state index contributed by atoms with van der Waals surface area (Å²) in [5.41, 5.74) is 3.87. The van der Waals surface area contributed by atoms with Gasteiger partial charge in [0.15, 0.2) is 17.3 Å². The third-order valence-electron chi connectivity index (χ3n) is 3.71. The van der Waals surface area contributed by atoms with Crippen molar-refractivity contribution in [2.45, 2.75) is 6.92 Å². The van der Waals surface area contributed by atoms with E-state index in [4.69, 9.17) is 13.9 Å². The molecular weight excluding hydrogens is 607 g/mol. The first-order valence-electron chi connectivity index (χ1n) is 8.15. The van der Waals surface area contributed by atoms with Gasteiger partial charge < -0.3 is 13.9 Å². The molecule has 9 heteroatoms. The first-order valence-corrected chi connectivity index (χ1v) is 10.8. The number of fused-ring (bicyclic) bond motifs is 1. The van der Waals surface area contributed by atoms with E-state index in [9.17, 15) is 4.79 Å². The Bertz CT molecular complexity index is 1070. The lowest BCUT2D eigenvalue weighted by Gasteiger charge is -2.11. The zero-order valence-corrected chi connectivity index (χ0v) is 20.2. The monoisotopic (exact) mass is 620 g/mol. The number of halogens is 3. The molecular formula is C19H15Br2IN2O4. The van der Waals surface area contributed by atoms with Crippen LogP contribution in [-0.4, -0.2) is 25.8 Å². The van der Waals surface area contributed by atoms with Crippen LogP contribution in [0.2, 0.25) is 0 Å². The van der Waals surface area contributed by atoms with Gasteiger partial charge in [0.1, 0.15) is 5.58 Å². The van der Waals surface area contributed by atoms with Gasteiger partial charge in [0.05, 0.1) is 23.5 Å². The maximum absolute atomic E-state index is 12.4. The van der Waals surface area contributed by atoms with Crippen molar-refractivity contribution in [1.29, 1.82) is 0 Å². The molecule has 0 aliphatic heterocycles. The van der Waals surface area contributed by atoms with E-state index < -0.39 is 5.91 Å². The van der Waals surface area contributed by atoms with E-state index in [1.807, 2.05) is 19.1 Å². The van der Waals surface area contributed by atoms with Gasteiger partial charge in [-0.3, -0.25) is 4.79 Å². The number of rotatable bonds is 6. The molecule has 0 saturated carbocycles. The Morgan fingerprint density at radius 3 is 2.75 bits per heavy atom. The van der Waals surface area contributed by atoms with Gasteiger partial charge in [-0.05, 0) is 75.8 Å². The molecule has 3 rings (SSSR count). The molecule has 2 aromatic carbocycles. The fourth-order valence-corrected chi connectivity index (χ4v) is 4.57. The maximum Gasteiger partial charge on any atom is 0.307 e. The van der Waals surface area contributed by atoms with Crippen LogP contribution in [0.4, 0.5) is 0 Å². The summed E-state index contributed by atoms with van der Waals surface area (Å²) < 4.78 is 19.1. The summed E-state index contributed by atoms with van der Waals surface area (Å²) >= 11 is 9.06. The van der Waals surface area contributed by atoms with E-state index in [-0.39, 0.29) is 5.76 Å². The fourth-order valence-electron chi connectivity index (χ4n) is 2.48. The van der Waals surface area contributed by atoms with Crippen molar-refractivity contribution in [2.75, 3.05) is 13.7 Å². The first kappa shape index (κ1) is 21.1. The summed E-state index contributed by atoms with van der Waals surface area (Å²) in [5, 5.41) is 4.86. The summed E-state index contributed by atoms with van der Waals surface area (Å²) in [7, 11) is 1.57. The molecule has 6 nitrogen and oxygen atoms in total. The van der Waals surface area contributed by atoms with Gasteiger partial charge in [-0.1, -0.05) is 15.9 Å². The third kappa shape index (κ3) is 4.69. The molecule has 0 aliphatic carbocycles. The first-order chi connectivity index (χ1) is 13.4. The molecule has 1 aromatic heterocycles. The molecule has 1 N–H and O–H groups in total. The lowest BCUT2D eigenvalue weighted by Crippen LogP contribution is -2.16. The molecule has 0 aliphatic rings. The second-order valence-corrected chi connectivity index (χ2v) is 8.51. The highest BCUT2D eigenvalue weighted by Gasteiger charge is 2.14. The Labute approximate surface area is 192 Å². The molecule has 1 heterocycles. The Morgan fingerprint density at radius 1 is 1.25 bits per heavy atom. The summed E-state index contributed by atoms with van der Waals surface area (Å²) in [6.07, 6.45) is 1.52. The predicted molar refractivity (Wildman–Crippen MR) is 124 cm³/mol. The van der Waals surface area contributed by atoms with Gasteiger partial charge >= 0.3 is 5.91 Å². The molecule has 28 heavy (non-hydrogen) atoms. The Kier molecular flexibility index (Phi) is 7.00. The van der Waals surface area contributed by atoms with E-state index in [0.29, 0.717) is 23.7 Å². The maximum atomic E-state index is 12.4. The number of carbonyl (C=O) groups is 1. The quantitative estimate of drug-likeness (QED) is 0.217. The summed E-state index contributed by atoms with van der Waals surface area (Å²) in [4.78, 5) is 12.4. The number of furan rings is 1. The van der Waals surface area contributed by atoms with E-state index in [1.165, 1.54) is 6.21 Å². The van der Waals surface area contributed by atoms with Gasteiger partial charge in [-0.15, -0.1) is 0 Å². The third-order valence-corrected chi connectivity index (χ3v) is 5.66. The van der Waals surface area contributed by atoms with Crippen LogP contribution in [0.15, 0.2) is 48.8 Å². The Hall–Kier alpha value is -1.59. The molecule has 0 bridgehead atoms. The van der Waals surface area contributed by atoms with Crippen molar-refractivity contribution in [3.05, 3.63) is 54.2 Å². The zero-order chi connectivity index (χ0) is 20.3. The highest BCUT2D eigenvalue weighted by atomic mass is 127. The molecule has 0 fully saturated rings. The minimum absolute atomic E-state index is 0.187. The SMILES string of the molecule is CCOc1cc(/C=N\NC(=O)c2cc3cc(Br)cc(I)c3o2)c(Br)cc1OC. The van der Waals surface area contributed by atoms with Crippen LogP contribution >= 0.6 is 54.5 Å². The summed E-state index contributed by atoms with van der Waals surface area (Å²) in [6, 6.07) is 9.06. The zero-order valence-electron chi connectivity index (χ0n) is 14.9. The number of carbonyl (C=O) groups excluding carboxylic acids is 1. The van der Waals surface area contributed by atoms with Gasteiger partial charge in [0.25, 0.3) is 0 Å². The second kappa shape index (κ2) is 9.27. The minimum Gasteiger partial charge on any atom is -0.493 e. The number of nitrogens with zero attached hydrogens (tertiary/aromatic N) is 1. The number of benzene rings is 2. The summed E-state index contributed by atoms with van der Waals surface area (Å²) in [5.74, 6) is 0.956. The van der Waals surface area contributed by atoms with Crippen molar-refractivity contribution in [3.8, 4) is 11.5 Å². The van der Waals surface area contributed by atoms with E-state index in [1.54, 1.807) is 25.3 Å². The number of nitrogens with one attached hydrogen (secondary N) is 1. The largest absolute Gasteiger partial charge is 0.493 e. The number of amides is 1. The van der Waals surface area contributed by atoms with Crippen molar-refractivity contribution in [1.82, 2.24) is 5.43 Å². The highest BCUT2D eigenvalue weighted by molar-refractivity contribution is 14.1. The molecule has 3 aromatic rings. The number of hydrogen-bond acceptors (Lipinski definition) is 5. The highest BCUT2D eigenvalue weighted by Crippen LogP contribution is 2.33. The van der Waals surface area contributed by atoms with Crippen LogP contribution in [0, 0.1) is 3.57 Å². The standard InChI is InChI=1S/C19H15Br2IN2O4/c1-3-27-16-6-11(13(21)8-15(16)26-2)9-23-24-19(25)17-5-10-4-12(20)7-14(22)18(10)28-17/h4-9H,3H2,1-2H3,(H,24,25)/b23-9-. The van der Waals surface area contributed by atoms with Gasteiger partial charge in [0, 0.05) is 19.9 Å². The average Bonchev–Trinajstić information content (AvgIpc) is 3.08. The van der Waals surface area contributed by atoms with Crippen LogP contribution in [0.25, 0.3) is 11.0 Å². The molecule has 0 spiro atoms. The predicted octanol–water partition coefficient (Wildman–Crippen LogP) is 5.73. The van der Waals surface area contributed by atoms with Crippen molar-refractivity contribution >= 4 is 77.5 Å². The van der Waals surface area contributed by atoms with Crippen molar-refractivity contribution in [2.24, 2.45) is 5.10 Å². The van der Waals surface area contributed by atoms with Crippen LogP contribution < -0.4 is 14.9 Å². The fraction of sp³-hybridized carbons (Fsp3) is 0.158. The number of methoxy groups -OCH3 is 1. The van der Waals surface area contributed by atoms with Crippen LogP contribution in [0.1, 0.15) is 23.0 Å². The van der Waals surface area contributed by atoms with E-state index >= 15 is 0 Å². The minimum atomic E-state index is -0.436. The second-order valence-electron chi connectivity index (χ2n) is 5.57. The van der Waals surface area contributed by atoms with Gasteiger partial charge in [-0.25, -0.2) is 5.43 Å². The van der Waals surface area contributed by atoms with Crippen molar-refractivity contribution in [3.63, 3.8) is 0 Å². The number of hydrazone groups is 1. The molecule has 0 atom stereocenters. The molecule has 0 radical (unpaired) electrons. The Balaban J connectivity index is 1.78.